The van der Waals surface area contributed by atoms with Gasteiger partial charge in [0.2, 0.25) is 0 Å². The van der Waals surface area contributed by atoms with Crippen molar-refractivity contribution in [2.45, 2.75) is 13.3 Å². The molecule has 1 saturated heterocycles. The van der Waals surface area contributed by atoms with Gasteiger partial charge >= 0.3 is 6.03 Å². The molecule has 0 radical (unpaired) electrons. The Morgan fingerprint density at radius 1 is 1.35 bits per heavy atom. The number of rotatable bonds is 3. The quantitative estimate of drug-likeness (QED) is 0.753. The molecule has 1 aliphatic heterocycles. The lowest BCUT2D eigenvalue weighted by atomic mass is 10.3. The van der Waals surface area contributed by atoms with E-state index in [1.165, 1.54) is 23.1 Å². The average molecular weight is 236 g/mol. The molecular weight excluding hydrogens is 223 g/mol. The molecule has 0 unspecified atom stereocenters. The first-order chi connectivity index (χ1) is 8.13. The van der Waals surface area contributed by atoms with Crippen LogP contribution in [0.15, 0.2) is 24.3 Å². The van der Waals surface area contributed by atoms with Gasteiger partial charge in [0.25, 0.3) is 5.91 Å². The van der Waals surface area contributed by atoms with E-state index in [0.717, 1.165) is 11.3 Å². The van der Waals surface area contributed by atoms with Gasteiger partial charge in [-0.2, -0.15) is 0 Å². The third kappa shape index (κ3) is 2.13. The van der Waals surface area contributed by atoms with E-state index in [0.29, 0.717) is 12.2 Å². The predicted molar refractivity (Wildman–Crippen MR) is 61.1 cm³/mol. The van der Waals surface area contributed by atoms with Crippen LogP contribution >= 0.6 is 0 Å². The van der Waals surface area contributed by atoms with Crippen LogP contribution in [0.4, 0.5) is 14.9 Å². The summed E-state index contributed by atoms with van der Waals surface area (Å²) >= 11 is 0. The number of anilines is 1. The molecule has 17 heavy (non-hydrogen) atoms. The molecule has 0 bridgehead atoms. The Bertz CT molecular complexity index is 462. The van der Waals surface area contributed by atoms with Gasteiger partial charge in [0.15, 0.2) is 0 Å². The molecular formula is C12H13FN2O2. The number of halogens is 1. The molecule has 1 aromatic rings. The Morgan fingerprint density at radius 3 is 2.76 bits per heavy atom. The first-order valence-corrected chi connectivity index (χ1v) is 5.51. The number of carbonyl (C=O) groups excluding carboxylic acids is 2. The molecule has 1 fully saturated rings. The fourth-order valence-corrected chi connectivity index (χ4v) is 1.86. The monoisotopic (exact) mass is 236 g/mol. The number of hydrogen-bond donors (Lipinski definition) is 0. The highest BCUT2D eigenvalue weighted by Crippen LogP contribution is 2.21. The maximum atomic E-state index is 13.1. The normalized spacial score (nSPS) is 15.9. The summed E-state index contributed by atoms with van der Waals surface area (Å²) in [5.41, 5.74) is 0.290. The number of nitrogens with zero attached hydrogens (tertiary/aromatic N) is 2. The Balaban J connectivity index is 2.27. The standard InChI is InChI=1S/C12H13FN2O2/c1-2-6-14-8-11(16)15(12(14)17)10-5-3-4-9(13)7-10/h3-5,7H,2,6,8H2,1H3. The molecule has 0 saturated carbocycles. The summed E-state index contributed by atoms with van der Waals surface area (Å²) < 4.78 is 13.1. The molecule has 0 atom stereocenters. The number of hydrogen-bond acceptors (Lipinski definition) is 2. The molecule has 0 spiro atoms. The van der Waals surface area contributed by atoms with Crippen LogP contribution in [0.25, 0.3) is 0 Å². The molecule has 0 N–H and O–H groups in total. The summed E-state index contributed by atoms with van der Waals surface area (Å²) in [6.45, 7) is 2.54. The topological polar surface area (TPSA) is 40.6 Å². The van der Waals surface area contributed by atoms with Gasteiger partial charge in [0.1, 0.15) is 12.4 Å². The van der Waals surface area contributed by atoms with E-state index in [1.807, 2.05) is 6.92 Å². The van der Waals surface area contributed by atoms with Crippen LogP contribution in [0, 0.1) is 5.82 Å². The van der Waals surface area contributed by atoms with Crippen LogP contribution < -0.4 is 4.90 Å². The average Bonchev–Trinajstić information content (AvgIpc) is 2.55. The van der Waals surface area contributed by atoms with Crippen LogP contribution in [0.2, 0.25) is 0 Å². The first kappa shape index (κ1) is 11.6. The van der Waals surface area contributed by atoms with E-state index in [-0.39, 0.29) is 18.5 Å². The van der Waals surface area contributed by atoms with Crippen molar-refractivity contribution in [1.29, 1.82) is 0 Å². The summed E-state index contributed by atoms with van der Waals surface area (Å²) in [6.07, 6.45) is 0.788. The summed E-state index contributed by atoms with van der Waals surface area (Å²) in [6, 6.07) is 5.12. The largest absolute Gasteiger partial charge is 0.331 e. The Morgan fingerprint density at radius 2 is 2.12 bits per heavy atom. The summed E-state index contributed by atoms with van der Waals surface area (Å²) in [4.78, 5) is 26.1. The lowest BCUT2D eigenvalue weighted by Gasteiger charge is -2.16. The summed E-state index contributed by atoms with van der Waals surface area (Å²) in [7, 11) is 0. The van der Waals surface area contributed by atoms with Crippen molar-refractivity contribution in [3.05, 3.63) is 30.1 Å². The van der Waals surface area contributed by atoms with Gasteiger partial charge in [0, 0.05) is 6.54 Å². The first-order valence-electron chi connectivity index (χ1n) is 5.51. The molecule has 5 heteroatoms. The molecule has 1 heterocycles. The van der Waals surface area contributed by atoms with Crippen molar-refractivity contribution in [2.75, 3.05) is 18.0 Å². The van der Waals surface area contributed by atoms with Gasteiger partial charge in [-0.3, -0.25) is 4.79 Å². The second-order valence-corrected chi connectivity index (χ2v) is 3.91. The highest BCUT2D eigenvalue weighted by molar-refractivity contribution is 6.19. The van der Waals surface area contributed by atoms with Gasteiger partial charge in [-0.25, -0.2) is 14.1 Å². The van der Waals surface area contributed by atoms with Gasteiger partial charge in [-0.15, -0.1) is 0 Å². The zero-order chi connectivity index (χ0) is 12.4. The molecule has 4 nitrogen and oxygen atoms in total. The van der Waals surface area contributed by atoms with E-state index in [2.05, 4.69) is 0 Å². The van der Waals surface area contributed by atoms with Gasteiger partial charge in [0.05, 0.1) is 5.69 Å². The number of amides is 3. The number of imide groups is 1. The number of benzene rings is 1. The van der Waals surface area contributed by atoms with Crippen LogP contribution in [0.1, 0.15) is 13.3 Å². The molecule has 1 aromatic carbocycles. The van der Waals surface area contributed by atoms with Crippen LogP contribution in [0.3, 0.4) is 0 Å². The molecule has 0 aromatic heterocycles. The van der Waals surface area contributed by atoms with E-state index in [1.54, 1.807) is 6.07 Å². The van der Waals surface area contributed by atoms with Crippen molar-refractivity contribution < 1.29 is 14.0 Å². The van der Waals surface area contributed by atoms with Gasteiger partial charge in [-0.05, 0) is 24.6 Å². The minimum absolute atomic E-state index is 0.0726. The van der Waals surface area contributed by atoms with Crippen LogP contribution in [-0.2, 0) is 4.79 Å². The third-order valence-electron chi connectivity index (χ3n) is 2.60. The number of carbonyl (C=O) groups is 2. The van der Waals surface area contributed by atoms with Crippen molar-refractivity contribution >= 4 is 17.6 Å². The SMILES string of the molecule is CCCN1CC(=O)N(c2cccc(F)c2)C1=O. The molecule has 2 rings (SSSR count). The van der Waals surface area contributed by atoms with Crippen molar-refractivity contribution in [1.82, 2.24) is 4.90 Å². The van der Waals surface area contributed by atoms with E-state index in [4.69, 9.17) is 0 Å². The highest BCUT2D eigenvalue weighted by atomic mass is 19.1. The molecule has 3 amide bonds. The van der Waals surface area contributed by atoms with Crippen molar-refractivity contribution in [3.8, 4) is 0 Å². The van der Waals surface area contributed by atoms with Crippen molar-refractivity contribution in [3.63, 3.8) is 0 Å². The molecule has 90 valence electrons. The van der Waals surface area contributed by atoms with Crippen LogP contribution in [-0.4, -0.2) is 29.9 Å². The van der Waals surface area contributed by atoms with E-state index in [9.17, 15) is 14.0 Å². The summed E-state index contributed by atoms with van der Waals surface area (Å²) in [5, 5.41) is 0. The molecule has 0 aliphatic carbocycles. The van der Waals surface area contributed by atoms with E-state index >= 15 is 0 Å². The summed E-state index contributed by atoms with van der Waals surface area (Å²) in [5.74, 6) is -0.772. The second-order valence-electron chi connectivity index (χ2n) is 3.91. The predicted octanol–water partition coefficient (Wildman–Crippen LogP) is 2.00. The van der Waals surface area contributed by atoms with Gasteiger partial charge < -0.3 is 4.90 Å². The van der Waals surface area contributed by atoms with Crippen molar-refractivity contribution in [2.24, 2.45) is 0 Å². The molecule has 1 aliphatic rings. The Kier molecular flexibility index (Phi) is 3.08. The fourth-order valence-electron chi connectivity index (χ4n) is 1.86. The number of urea groups is 1. The minimum atomic E-state index is -0.461. The maximum Gasteiger partial charge on any atom is 0.331 e. The maximum absolute atomic E-state index is 13.1. The third-order valence-corrected chi connectivity index (χ3v) is 2.60. The lowest BCUT2D eigenvalue weighted by molar-refractivity contribution is -0.116. The Labute approximate surface area is 98.6 Å². The zero-order valence-electron chi connectivity index (χ0n) is 9.52. The fraction of sp³-hybridized carbons (Fsp3) is 0.333. The van der Waals surface area contributed by atoms with Crippen LogP contribution in [0.5, 0.6) is 0 Å². The minimum Gasteiger partial charge on any atom is -0.315 e. The smallest absolute Gasteiger partial charge is 0.315 e. The lowest BCUT2D eigenvalue weighted by Crippen LogP contribution is -2.33. The second kappa shape index (κ2) is 4.53. The zero-order valence-corrected chi connectivity index (χ0v) is 9.52. The van der Waals surface area contributed by atoms with E-state index < -0.39 is 5.82 Å². The highest BCUT2D eigenvalue weighted by Gasteiger charge is 2.36. The van der Waals surface area contributed by atoms with Gasteiger partial charge in [-0.1, -0.05) is 13.0 Å². The Hall–Kier alpha value is -1.91.